The third kappa shape index (κ3) is 3.06. The first-order valence-corrected chi connectivity index (χ1v) is 5.10. The Morgan fingerprint density at radius 1 is 1.40 bits per heavy atom. The van der Waals surface area contributed by atoms with Crippen molar-refractivity contribution in [2.75, 3.05) is 0 Å². The molecule has 82 valence electrons. The number of aromatic carboxylic acids is 1. The largest absolute Gasteiger partial charge is 0.478 e. The van der Waals surface area contributed by atoms with Gasteiger partial charge >= 0.3 is 5.97 Å². The zero-order valence-electron chi connectivity index (χ0n) is 9.10. The molecule has 0 saturated heterocycles. The molecule has 0 saturated carbocycles. The van der Waals surface area contributed by atoms with Gasteiger partial charge in [-0.1, -0.05) is 32.0 Å². The van der Waals surface area contributed by atoms with Gasteiger partial charge in [0.05, 0.1) is 5.56 Å². The SMILES string of the molecule is CC(C)C[C@@H](N)c1ccccc1C(=O)O. The number of carboxylic acid groups (broad SMARTS) is 1. The van der Waals surface area contributed by atoms with Crippen LogP contribution in [-0.2, 0) is 0 Å². The van der Waals surface area contributed by atoms with Crippen molar-refractivity contribution in [3.05, 3.63) is 35.4 Å². The fourth-order valence-corrected chi connectivity index (χ4v) is 1.65. The van der Waals surface area contributed by atoms with Gasteiger partial charge in [0.2, 0.25) is 0 Å². The first-order chi connectivity index (χ1) is 7.02. The minimum atomic E-state index is -0.912. The molecular weight excluding hydrogens is 190 g/mol. The summed E-state index contributed by atoms with van der Waals surface area (Å²) in [6.45, 7) is 4.15. The summed E-state index contributed by atoms with van der Waals surface area (Å²) in [5.41, 5.74) is 7.00. The highest BCUT2D eigenvalue weighted by molar-refractivity contribution is 5.89. The van der Waals surface area contributed by atoms with Gasteiger partial charge in [-0.25, -0.2) is 4.79 Å². The number of benzene rings is 1. The molecule has 15 heavy (non-hydrogen) atoms. The van der Waals surface area contributed by atoms with Gasteiger partial charge in [0, 0.05) is 6.04 Å². The summed E-state index contributed by atoms with van der Waals surface area (Å²) in [6.07, 6.45) is 0.796. The maximum absolute atomic E-state index is 11.0. The van der Waals surface area contributed by atoms with Crippen LogP contribution in [0.3, 0.4) is 0 Å². The molecule has 1 aromatic carbocycles. The Hall–Kier alpha value is -1.35. The van der Waals surface area contributed by atoms with Gasteiger partial charge < -0.3 is 10.8 Å². The highest BCUT2D eigenvalue weighted by Gasteiger charge is 2.15. The van der Waals surface area contributed by atoms with Crippen molar-refractivity contribution in [3.63, 3.8) is 0 Å². The normalized spacial score (nSPS) is 12.8. The molecule has 0 amide bonds. The van der Waals surface area contributed by atoms with Crippen molar-refractivity contribution >= 4 is 5.97 Å². The van der Waals surface area contributed by atoms with Crippen molar-refractivity contribution in [2.24, 2.45) is 11.7 Å². The smallest absolute Gasteiger partial charge is 0.336 e. The second kappa shape index (κ2) is 4.94. The van der Waals surface area contributed by atoms with Crippen molar-refractivity contribution in [1.29, 1.82) is 0 Å². The summed E-state index contributed by atoms with van der Waals surface area (Å²) in [6, 6.07) is 6.73. The Morgan fingerprint density at radius 2 is 2.00 bits per heavy atom. The summed E-state index contributed by atoms with van der Waals surface area (Å²) in [5.74, 6) is -0.452. The van der Waals surface area contributed by atoms with Gasteiger partial charge in [0.15, 0.2) is 0 Å². The van der Waals surface area contributed by atoms with E-state index in [0.29, 0.717) is 11.5 Å². The maximum atomic E-state index is 11.0. The van der Waals surface area contributed by atoms with Crippen LogP contribution in [0.25, 0.3) is 0 Å². The first-order valence-electron chi connectivity index (χ1n) is 5.10. The number of hydrogen-bond donors (Lipinski definition) is 2. The monoisotopic (exact) mass is 207 g/mol. The van der Waals surface area contributed by atoms with Gasteiger partial charge in [-0.3, -0.25) is 0 Å². The fraction of sp³-hybridized carbons (Fsp3) is 0.417. The van der Waals surface area contributed by atoms with E-state index in [-0.39, 0.29) is 6.04 Å². The molecule has 0 bridgehead atoms. The lowest BCUT2D eigenvalue weighted by Gasteiger charge is -2.16. The Kier molecular flexibility index (Phi) is 3.86. The second-order valence-electron chi connectivity index (χ2n) is 4.13. The van der Waals surface area contributed by atoms with Crippen LogP contribution in [0.5, 0.6) is 0 Å². The third-order valence-corrected chi connectivity index (χ3v) is 2.32. The Morgan fingerprint density at radius 3 is 2.53 bits per heavy atom. The van der Waals surface area contributed by atoms with Crippen molar-refractivity contribution in [3.8, 4) is 0 Å². The van der Waals surface area contributed by atoms with Gasteiger partial charge in [-0.05, 0) is 24.0 Å². The Balaban J connectivity index is 2.97. The predicted octanol–water partition coefficient (Wildman–Crippen LogP) is 2.43. The number of nitrogens with two attached hydrogens (primary N) is 1. The lowest BCUT2D eigenvalue weighted by molar-refractivity contribution is 0.0695. The highest BCUT2D eigenvalue weighted by atomic mass is 16.4. The first kappa shape index (κ1) is 11.7. The van der Waals surface area contributed by atoms with E-state index in [0.717, 1.165) is 12.0 Å². The summed E-state index contributed by atoms with van der Waals surface area (Å²) < 4.78 is 0. The molecule has 1 atom stereocenters. The number of rotatable bonds is 4. The number of hydrogen-bond acceptors (Lipinski definition) is 2. The molecule has 3 heteroatoms. The van der Waals surface area contributed by atoms with E-state index in [9.17, 15) is 4.79 Å². The van der Waals surface area contributed by atoms with Crippen LogP contribution in [0.4, 0.5) is 0 Å². The third-order valence-electron chi connectivity index (χ3n) is 2.32. The molecule has 1 aromatic rings. The van der Waals surface area contributed by atoms with E-state index in [1.807, 2.05) is 6.07 Å². The van der Waals surface area contributed by atoms with Crippen LogP contribution in [0.15, 0.2) is 24.3 Å². The van der Waals surface area contributed by atoms with E-state index in [1.54, 1.807) is 18.2 Å². The summed E-state index contributed by atoms with van der Waals surface area (Å²) >= 11 is 0. The molecule has 0 aromatic heterocycles. The van der Waals surface area contributed by atoms with E-state index < -0.39 is 5.97 Å². The van der Waals surface area contributed by atoms with Gasteiger partial charge in [-0.2, -0.15) is 0 Å². The van der Waals surface area contributed by atoms with E-state index in [2.05, 4.69) is 13.8 Å². The molecule has 0 radical (unpaired) electrons. The quantitative estimate of drug-likeness (QED) is 0.797. The summed E-state index contributed by atoms with van der Waals surface area (Å²) in [5, 5.41) is 8.99. The van der Waals surface area contributed by atoms with Crippen LogP contribution in [-0.4, -0.2) is 11.1 Å². The Labute approximate surface area is 89.9 Å². The number of carboxylic acids is 1. The standard InChI is InChI=1S/C12H17NO2/c1-8(2)7-11(13)9-5-3-4-6-10(9)12(14)15/h3-6,8,11H,7,13H2,1-2H3,(H,14,15)/t11-/m1/s1. The van der Waals surface area contributed by atoms with Crippen LogP contribution < -0.4 is 5.73 Å². The zero-order valence-corrected chi connectivity index (χ0v) is 9.10. The fourth-order valence-electron chi connectivity index (χ4n) is 1.65. The molecule has 3 nitrogen and oxygen atoms in total. The van der Waals surface area contributed by atoms with E-state index in [1.165, 1.54) is 0 Å². The lowest BCUT2D eigenvalue weighted by Crippen LogP contribution is -2.16. The lowest BCUT2D eigenvalue weighted by atomic mass is 9.94. The summed E-state index contributed by atoms with van der Waals surface area (Å²) in [7, 11) is 0. The van der Waals surface area contributed by atoms with Crippen LogP contribution in [0.2, 0.25) is 0 Å². The molecule has 1 rings (SSSR count). The molecule has 0 aliphatic heterocycles. The van der Waals surface area contributed by atoms with Crippen molar-refractivity contribution in [1.82, 2.24) is 0 Å². The minimum absolute atomic E-state index is 0.197. The average Bonchev–Trinajstić information content (AvgIpc) is 2.16. The van der Waals surface area contributed by atoms with Crippen LogP contribution in [0, 0.1) is 5.92 Å². The van der Waals surface area contributed by atoms with E-state index >= 15 is 0 Å². The Bertz CT molecular complexity index is 347. The van der Waals surface area contributed by atoms with Gasteiger partial charge in [0.25, 0.3) is 0 Å². The summed E-state index contributed by atoms with van der Waals surface area (Å²) in [4.78, 5) is 11.0. The predicted molar refractivity (Wildman–Crippen MR) is 59.8 cm³/mol. The molecule has 0 heterocycles. The topological polar surface area (TPSA) is 63.3 Å². The second-order valence-corrected chi connectivity index (χ2v) is 4.13. The molecule has 0 fully saturated rings. The minimum Gasteiger partial charge on any atom is -0.478 e. The average molecular weight is 207 g/mol. The van der Waals surface area contributed by atoms with Gasteiger partial charge in [0.1, 0.15) is 0 Å². The molecular formula is C12H17NO2. The van der Waals surface area contributed by atoms with Gasteiger partial charge in [-0.15, -0.1) is 0 Å². The molecule has 0 spiro atoms. The molecule has 0 unspecified atom stereocenters. The number of carbonyl (C=O) groups is 1. The van der Waals surface area contributed by atoms with Crippen molar-refractivity contribution in [2.45, 2.75) is 26.3 Å². The molecule has 3 N–H and O–H groups in total. The molecule has 0 aliphatic rings. The van der Waals surface area contributed by atoms with E-state index in [4.69, 9.17) is 10.8 Å². The molecule has 0 aliphatic carbocycles. The van der Waals surface area contributed by atoms with Crippen LogP contribution in [0.1, 0.15) is 42.2 Å². The zero-order chi connectivity index (χ0) is 11.4. The van der Waals surface area contributed by atoms with Crippen LogP contribution >= 0.6 is 0 Å². The highest BCUT2D eigenvalue weighted by Crippen LogP contribution is 2.22. The maximum Gasteiger partial charge on any atom is 0.336 e. The van der Waals surface area contributed by atoms with Crippen molar-refractivity contribution < 1.29 is 9.90 Å².